The second-order valence-electron chi connectivity index (χ2n) is 5.23. The van der Waals surface area contributed by atoms with Crippen LogP contribution in [0.5, 0.6) is 17.2 Å². The van der Waals surface area contributed by atoms with Crippen molar-refractivity contribution in [3.8, 4) is 17.2 Å². The lowest BCUT2D eigenvalue weighted by molar-refractivity contribution is 0.402. The molecule has 1 atom stereocenters. The van der Waals surface area contributed by atoms with E-state index in [9.17, 15) is 15.3 Å². The zero-order valence-corrected chi connectivity index (χ0v) is 14.2. The predicted octanol–water partition coefficient (Wildman–Crippen LogP) is 3.31. The van der Waals surface area contributed by atoms with Crippen molar-refractivity contribution in [3.05, 3.63) is 52.0 Å². The summed E-state index contributed by atoms with van der Waals surface area (Å²) in [5, 5.41) is 32.9. The lowest BCUT2D eigenvalue weighted by atomic mass is 9.87. The van der Waals surface area contributed by atoms with Gasteiger partial charge in [0.2, 0.25) is 0 Å². The zero-order valence-electron chi connectivity index (χ0n) is 11.7. The molecule has 0 saturated carbocycles. The minimum Gasteiger partial charge on any atom is -0.508 e. The molecule has 1 aliphatic rings. The lowest BCUT2D eigenvalue weighted by Gasteiger charge is -2.20. The van der Waals surface area contributed by atoms with E-state index in [2.05, 4.69) is 5.32 Å². The molecule has 0 aromatic heterocycles. The largest absolute Gasteiger partial charge is 0.508 e. The second-order valence-corrected chi connectivity index (χ2v) is 5.61. The summed E-state index contributed by atoms with van der Waals surface area (Å²) < 4.78 is 0. The summed E-state index contributed by atoms with van der Waals surface area (Å²) in [5.74, 6) is -0.330. The van der Waals surface area contributed by atoms with Crippen molar-refractivity contribution in [1.29, 1.82) is 0 Å². The SMILES string of the molecule is Br.Oc1cccc(C2CNCCc3c2cc(O)c(O)c3Cl)c1. The van der Waals surface area contributed by atoms with E-state index in [-0.39, 0.29) is 45.2 Å². The highest BCUT2D eigenvalue weighted by Gasteiger charge is 2.25. The van der Waals surface area contributed by atoms with E-state index in [1.807, 2.05) is 6.07 Å². The molecule has 2 aromatic carbocycles. The highest BCUT2D eigenvalue weighted by molar-refractivity contribution is 8.93. The Morgan fingerprint density at radius 2 is 1.91 bits per heavy atom. The Kier molecular flexibility index (Phi) is 5.21. The Balaban J connectivity index is 0.00000176. The number of halogens is 2. The van der Waals surface area contributed by atoms with Crippen LogP contribution in [-0.4, -0.2) is 28.4 Å². The van der Waals surface area contributed by atoms with E-state index in [1.165, 1.54) is 0 Å². The fourth-order valence-electron chi connectivity index (χ4n) is 2.86. The topological polar surface area (TPSA) is 72.7 Å². The van der Waals surface area contributed by atoms with Crippen LogP contribution < -0.4 is 5.32 Å². The van der Waals surface area contributed by atoms with Crippen molar-refractivity contribution in [1.82, 2.24) is 5.32 Å². The zero-order chi connectivity index (χ0) is 15.0. The summed E-state index contributed by atoms with van der Waals surface area (Å²) in [6.07, 6.45) is 0.678. The Bertz CT molecular complexity index is 693. The number of phenols is 3. The van der Waals surface area contributed by atoms with Gasteiger partial charge in [0.15, 0.2) is 11.5 Å². The van der Waals surface area contributed by atoms with Crippen LogP contribution >= 0.6 is 28.6 Å². The molecular weight excluding hydrogens is 370 g/mol. The summed E-state index contributed by atoms with van der Waals surface area (Å²) >= 11 is 6.19. The summed E-state index contributed by atoms with van der Waals surface area (Å²) in [4.78, 5) is 0. The summed E-state index contributed by atoms with van der Waals surface area (Å²) in [6, 6.07) is 8.61. The van der Waals surface area contributed by atoms with Crippen LogP contribution in [0.2, 0.25) is 5.02 Å². The molecule has 0 amide bonds. The van der Waals surface area contributed by atoms with Crippen molar-refractivity contribution in [2.45, 2.75) is 12.3 Å². The van der Waals surface area contributed by atoms with E-state index in [4.69, 9.17) is 11.6 Å². The Morgan fingerprint density at radius 1 is 1.14 bits per heavy atom. The van der Waals surface area contributed by atoms with Crippen molar-refractivity contribution in [3.63, 3.8) is 0 Å². The molecule has 0 radical (unpaired) electrons. The van der Waals surface area contributed by atoms with E-state index in [1.54, 1.807) is 24.3 Å². The average molecular weight is 387 g/mol. The Morgan fingerprint density at radius 3 is 2.64 bits per heavy atom. The van der Waals surface area contributed by atoms with Crippen LogP contribution in [0, 0.1) is 0 Å². The number of nitrogens with one attached hydrogen (secondary N) is 1. The minimum atomic E-state index is -0.271. The Labute approximate surface area is 144 Å². The van der Waals surface area contributed by atoms with Gasteiger partial charge in [0.05, 0.1) is 5.02 Å². The van der Waals surface area contributed by atoms with Crippen LogP contribution in [0.1, 0.15) is 22.6 Å². The third-order valence-corrected chi connectivity index (χ3v) is 4.31. The summed E-state index contributed by atoms with van der Waals surface area (Å²) in [7, 11) is 0. The van der Waals surface area contributed by atoms with Crippen molar-refractivity contribution < 1.29 is 15.3 Å². The predicted molar refractivity (Wildman–Crippen MR) is 91.6 cm³/mol. The average Bonchev–Trinajstić information content (AvgIpc) is 2.67. The van der Waals surface area contributed by atoms with Gasteiger partial charge in [0, 0.05) is 12.5 Å². The highest BCUT2D eigenvalue weighted by atomic mass is 79.9. The molecule has 4 nitrogen and oxygen atoms in total. The number of hydrogen-bond donors (Lipinski definition) is 4. The fraction of sp³-hybridized carbons (Fsp3) is 0.250. The van der Waals surface area contributed by atoms with E-state index >= 15 is 0 Å². The van der Waals surface area contributed by atoms with Crippen LogP contribution in [-0.2, 0) is 6.42 Å². The second kappa shape index (κ2) is 6.77. The molecule has 0 aliphatic carbocycles. The molecule has 118 valence electrons. The van der Waals surface area contributed by atoms with Crippen LogP contribution in [0.15, 0.2) is 30.3 Å². The molecule has 1 heterocycles. The number of hydrogen-bond acceptors (Lipinski definition) is 4. The van der Waals surface area contributed by atoms with Gasteiger partial charge < -0.3 is 20.6 Å². The van der Waals surface area contributed by atoms with Gasteiger partial charge in [-0.1, -0.05) is 23.7 Å². The first-order valence-corrected chi connectivity index (χ1v) is 7.18. The van der Waals surface area contributed by atoms with E-state index in [0.717, 1.165) is 23.2 Å². The molecule has 6 heteroatoms. The van der Waals surface area contributed by atoms with Gasteiger partial charge in [-0.15, -0.1) is 17.0 Å². The lowest BCUT2D eigenvalue weighted by Crippen LogP contribution is -2.20. The van der Waals surface area contributed by atoms with Crippen LogP contribution in [0.4, 0.5) is 0 Å². The highest BCUT2D eigenvalue weighted by Crippen LogP contribution is 2.42. The van der Waals surface area contributed by atoms with E-state index in [0.29, 0.717) is 13.0 Å². The maximum Gasteiger partial charge on any atom is 0.176 e. The van der Waals surface area contributed by atoms with Crippen molar-refractivity contribution in [2.75, 3.05) is 13.1 Å². The first-order chi connectivity index (χ1) is 10.1. The third kappa shape index (κ3) is 3.02. The van der Waals surface area contributed by atoms with Crippen molar-refractivity contribution >= 4 is 28.6 Å². The first-order valence-electron chi connectivity index (χ1n) is 6.80. The van der Waals surface area contributed by atoms with Gasteiger partial charge in [-0.2, -0.15) is 0 Å². The minimum absolute atomic E-state index is 0. The van der Waals surface area contributed by atoms with E-state index < -0.39 is 0 Å². The number of benzene rings is 2. The van der Waals surface area contributed by atoms with Gasteiger partial charge in [0.25, 0.3) is 0 Å². The standard InChI is InChI=1S/C16H16ClNO3.BrH/c17-15-11-4-5-18-8-13(9-2-1-3-10(19)6-9)12(11)7-14(20)16(15)21;/h1-3,6-7,13,18-21H,4-5,8H2;1H. The summed E-state index contributed by atoms with van der Waals surface area (Å²) in [6.45, 7) is 1.42. The first kappa shape index (κ1) is 16.9. The molecule has 22 heavy (non-hydrogen) atoms. The van der Waals surface area contributed by atoms with Crippen LogP contribution in [0.25, 0.3) is 0 Å². The molecule has 0 saturated heterocycles. The molecule has 3 rings (SSSR count). The molecule has 0 bridgehead atoms. The van der Waals surface area contributed by atoms with Gasteiger partial charge in [-0.05, 0) is 47.9 Å². The quantitative estimate of drug-likeness (QED) is 0.567. The smallest absolute Gasteiger partial charge is 0.176 e. The summed E-state index contributed by atoms with van der Waals surface area (Å²) in [5.41, 5.74) is 2.66. The number of rotatable bonds is 1. The number of fused-ring (bicyclic) bond motifs is 1. The molecule has 2 aromatic rings. The molecular formula is C16H17BrClNO3. The van der Waals surface area contributed by atoms with Crippen molar-refractivity contribution in [2.24, 2.45) is 0 Å². The van der Waals surface area contributed by atoms with Crippen LogP contribution in [0.3, 0.4) is 0 Å². The van der Waals surface area contributed by atoms with Gasteiger partial charge in [0.1, 0.15) is 5.75 Å². The number of phenolic OH excluding ortho intramolecular Hbond substituents is 3. The van der Waals surface area contributed by atoms with Gasteiger partial charge in [-0.3, -0.25) is 0 Å². The fourth-order valence-corrected chi connectivity index (χ4v) is 3.16. The maximum atomic E-state index is 9.86. The molecule has 1 unspecified atom stereocenters. The molecule has 0 spiro atoms. The Hall–Kier alpha value is -1.43. The molecule has 4 N–H and O–H groups in total. The molecule has 1 aliphatic heterocycles. The van der Waals surface area contributed by atoms with Gasteiger partial charge >= 0.3 is 0 Å². The maximum absolute atomic E-state index is 9.86. The monoisotopic (exact) mass is 385 g/mol. The number of aromatic hydroxyl groups is 3. The van der Waals surface area contributed by atoms with Gasteiger partial charge in [-0.25, -0.2) is 0 Å². The normalized spacial score (nSPS) is 17.2. The third-order valence-electron chi connectivity index (χ3n) is 3.90. The molecule has 0 fully saturated rings.